The molecule has 39 heavy (non-hydrogen) atoms. The van der Waals surface area contributed by atoms with Gasteiger partial charge in [0, 0.05) is 37.8 Å². The van der Waals surface area contributed by atoms with E-state index in [0.29, 0.717) is 6.04 Å². The van der Waals surface area contributed by atoms with Crippen LogP contribution in [0.5, 0.6) is 0 Å². The number of piperidine rings is 1. The Morgan fingerprint density at radius 3 is 1.85 bits per heavy atom. The van der Waals surface area contributed by atoms with Crippen LogP contribution in [0.2, 0.25) is 0 Å². The van der Waals surface area contributed by atoms with Crippen LogP contribution in [0.3, 0.4) is 0 Å². The van der Waals surface area contributed by atoms with E-state index in [9.17, 15) is 4.79 Å². The lowest BCUT2D eigenvalue weighted by molar-refractivity contribution is -0.0486. The molecule has 0 N–H and O–H groups in total. The van der Waals surface area contributed by atoms with E-state index in [1.165, 1.54) is 36.8 Å². The zero-order valence-corrected chi connectivity index (χ0v) is 24.9. The molecule has 0 bridgehead atoms. The number of carbonyl (C=O) groups is 1. The third-order valence-corrected chi connectivity index (χ3v) is 8.43. The van der Waals surface area contributed by atoms with Crippen LogP contribution in [0.15, 0.2) is 60.7 Å². The van der Waals surface area contributed by atoms with E-state index >= 15 is 0 Å². The number of likely N-dealkylation sites (tertiary alicyclic amines) is 1. The van der Waals surface area contributed by atoms with E-state index < -0.39 is 5.60 Å². The molecule has 5 nitrogen and oxygen atoms in total. The van der Waals surface area contributed by atoms with Crippen LogP contribution in [-0.2, 0) is 22.6 Å². The highest BCUT2D eigenvalue weighted by Gasteiger charge is 2.37. The molecule has 1 aliphatic heterocycles. The minimum Gasteiger partial charge on any atom is -0.444 e. The van der Waals surface area contributed by atoms with Crippen molar-refractivity contribution in [1.82, 2.24) is 9.80 Å². The molecule has 0 spiro atoms. The zero-order valence-electron chi connectivity index (χ0n) is 24.9. The smallest absolute Gasteiger partial charge is 0.410 e. The summed E-state index contributed by atoms with van der Waals surface area (Å²) in [5.41, 5.74) is 2.32. The van der Waals surface area contributed by atoms with E-state index in [1.54, 1.807) is 0 Å². The van der Waals surface area contributed by atoms with E-state index in [1.807, 2.05) is 25.7 Å². The van der Waals surface area contributed by atoms with Crippen LogP contribution in [0.25, 0.3) is 0 Å². The summed E-state index contributed by atoms with van der Waals surface area (Å²) >= 11 is 0. The van der Waals surface area contributed by atoms with Gasteiger partial charge in [-0.2, -0.15) is 0 Å². The summed E-state index contributed by atoms with van der Waals surface area (Å²) in [4.78, 5) is 17.3. The fourth-order valence-electron chi connectivity index (χ4n) is 6.48. The quantitative estimate of drug-likeness (QED) is 0.329. The number of nitrogens with zero attached hydrogens (tertiary/aromatic N) is 2. The van der Waals surface area contributed by atoms with Crippen molar-refractivity contribution in [2.45, 2.75) is 122 Å². The van der Waals surface area contributed by atoms with Crippen molar-refractivity contribution in [3.8, 4) is 0 Å². The highest BCUT2D eigenvalue weighted by molar-refractivity contribution is 5.69. The Labute approximate surface area is 236 Å². The summed E-state index contributed by atoms with van der Waals surface area (Å²) in [6.45, 7) is 12.8. The maximum atomic E-state index is 12.7. The number of rotatable bonds is 9. The maximum Gasteiger partial charge on any atom is 0.410 e. The molecule has 1 heterocycles. The van der Waals surface area contributed by atoms with E-state index in [0.717, 1.165) is 44.9 Å². The number of ether oxygens (including phenoxy) is 2. The Hall–Kier alpha value is -2.37. The first-order valence-corrected chi connectivity index (χ1v) is 15.1. The van der Waals surface area contributed by atoms with Gasteiger partial charge in [0.15, 0.2) is 0 Å². The second-order valence-corrected chi connectivity index (χ2v) is 12.9. The Morgan fingerprint density at radius 2 is 1.36 bits per heavy atom. The van der Waals surface area contributed by atoms with Crippen LogP contribution >= 0.6 is 0 Å². The van der Waals surface area contributed by atoms with Crippen LogP contribution < -0.4 is 0 Å². The van der Waals surface area contributed by atoms with Gasteiger partial charge in [0.1, 0.15) is 5.60 Å². The molecule has 1 amide bonds. The second kappa shape index (κ2) is 13.8. The lowest BCUT2D eigenvalue weighted by Gasteiger charge is -2.42. The molecule has 5 heteroatoms. The molecule has 2 aromatic carbocycles. The molecule has 3 atom stereocenters. The molecule has 1 saturated carbocycles. The van der Waals surface area contributed by atoms with Gasteiger partial charge in [-0.15, -0.1) is 0 Å². The van der Waals surface area contributed by atoms with Crippen molar-refractivity contribution in [3.63, 3.8) is 0 Å². The highest BCUT2D eigenvalue weighted by atomic mass is 16.6. The molecule has 214 valence electrons. The molecule has 4 rings (SSSR count). The largest absolute Gasteiger partial charge is 0.444 e. The number of amides is 1. The van der Waals surface area contributed by atoms with Gasteiger partial charge in [0.2, 0.25) is 0 Å². The molecule has 2 aliphatic rings. The number of benzene rings is 2. The Bertz CT molecular complexity index is 945. The number of hydrogen-bond donors (Lipinski definition) is 0. The van der Waals surface area contributed by atoms with Gasteiger partial charge in [0.25, 0.3) is 0 Å². The lowest BCUT2D eigenvalue weighted by Crippen LogP contribution is -2.53. The fourth-order valence-corrected chi connectivity index (χ4v) is 6.48. The third-order valence-electron chi connectivity index (χ3n) is 8.43. The number of carbonyl (C=O) groups excluding carboxylic acids is 1. The average molecular weight is 535 g/mol. The van der Waals surface area contributed by atoms with Gasteiger partial charge < -0.3 is 14.4 Å². The van der Waals surface area contributed by atoms with Crippen molar-refractivity contribution < 1.29 is 14.3 Å². The van der Waals surface area contributed by atoms with E-state index in [2.05, 4.69) is 79.4 Å². The third kappa shape index (κ3) is 9.08. The Kier molecular flexibility index (Phi) is 10.5. The van der Waals surface area contributed by atoms with Gasteiger partial charge in [-0.1, -0.05) is 60.7 Å². The number of hydrogen-bond acceptors (Lipinski definition) is 4. The summed E-state index contributed by atoms with van der Waals surface area (Å²) in [6.07, 6.45) is 7.98. The summed E-state index contributed by atoms with van der Waals surface area (Å²) in [5.74, 6) is 0.744. The SMILES string of the molecule is C[C@@H]1CC(OCC[C@H]2CC[C@H](N(Cc3ccccc3)Cc3ccccc3)CC2)C[C@H](C)N1C(=O)OC(C)(C)C. The van der Waals surface area contributed by atoms with E-state index in [-0.39, 0.29) is 24.3 Å². The molecule has 1 aliphatic carbocycles. The van der Waals surface area contributed by atoms with Crippen molar-refractivity contribution >= 4 is 6.09 Å². The highest BCUT2D eigenvalue weighted by Crippen LogP contribution is 2.32. The average Bonchev–Trinajstić information content (AvgIpc) is 2.88. The van der Waals surface area contributed by atoms with Crippen LogP contribution in [0, 0.1) is 5.92 Å². The molecule has 0 aromatic heterocycles. The first-order valence-electron chi connectivity index (χ1n) is 15.1. The Balaban J connectivity index is 1.22. The molecule has 1 unspecified atom stereocenters. The molecule has 1 saturated heterocycles. The first kappa shape index (κ1) is 29.6. The van der Waals surface area contributed by atoms with E-state index in [4.69, 9.17) is 9.47 Å². The molecule has 2 fully saturated rings. The molecular weight excluding hydrogens is 484 g/mol. The van der Waals surface area contributed by atoms with Gasteiger partial charge in [0.05, 0.1) is 6.10 Å². The molecule has 2 aromatic rings. The second-order valence-electron chi connectivity index (χ2n) is 12.9. The predicted molar refractivity (Wildman–Crippen MR) is 158 cm³/mol. The van der Waals surface area contributed by atoms with Crippen molar-refractivity contribution in [1.29, 1.82) is 0 Å². The topological polar surface area (TPSA) is 42.0 Å². The van der Waals surface area contributed by atoms with Gasteiger partial charge in [-0.25, -0.2) is 4.79 Å². The van der Waals surface area contributed by atoms with Gasteiger partial charge in [-0.05, 0) is 96.6 Å². The fraction of sp³-hybridized carbons (Fsp3) is 0.618. The van der Waals surface area contributed by atoms with Crippen LogP contribution in [-0.4, -0.2) is 52.3 Å². The summed E-state index contributed by atoms with van der Waals surface area (Å²) in [6, 6.07) is 22.7. The van der Waals surface area contributed by atoms with Crippen molar-refractivity contribution in [2.24, 2.45) is 5.92 Å². The van der Waals surface area contributed by atoms with Crippen LogP contribution in [0.4, 0.5) is 4.79 Å². The summed E-state index contributed by atoms with van der Waals surface area (Å²) < 4.78 is 12.0. The normalized spacial score (nSPS) is 26.0. The van der Waals surface area contributed by atoms with Crippen molar-refractivity contribution in [3.05, 3.63) is 71.8 Å². The zero-order chi connectivity index (χ0) is 27.8. The maximum absolute atomic E-state index is 12.7. The van der Waals surface area contributed by atoms with Gasteiger partial charge >= 0.3 is 6.09 Å². The minimum atomic E-state index is -0.469. The Morgan fingerprint density at radius 1 is 0.846 bits per heavy atom. The summed E-state index contributed by atoms with van der Waals surface area (Å²) in [5, 5.41) is 0. The lowest BCUT2D eigenvalue weighted by atomic mass is 9.83. The standard InChI is InChI=1S/C34H50N2O3/c1-26-22-32(23-27(2)36(26)33(37)39-34(3,4)5)38-21-20-28-16-18-31(19-17-28)35(24-29-12-8-6-9-13-29)25-30-14-10-7-11-15-30/h6-15,26-28,31-32H,16-25H2,1-5H3/t26-,27+,28-,31-,32?. The summed E-state index contributed by atoms with van der Waals surface area (Å²) in [7, 11) is 0. The minimum absolute atomic E-state index is 0.129. The molecular formula is C34H50N2O3. The van der Waals surface area contributed by atoms with Gasteiger partial charge in [-0.3, -0.25) is 4.90 Å². The first-order chi connectivity index (χ1) is 18.7. The van der Waals surface area contributed by atoms with Crippen molar-refractivity contribution in [2.75, 3.05) is 6.61 Å². The monoisotopic (exact) mass is 534 g/mol. The van der Waals surface area contributed by atoms with Crippen LogP contribution in [0.1, 0.15) is 90.7 Å². The predicted octanol–water partition coefficient (Wildman–Crippen LogP) is 7.83. The molecule has 0 radical (unpaired) electrons.